The van der Waals surface area contributed by atoms with Gasteiger partial charge in [0.15, 0.2) is 0 Å². The van der Waals surface area contributed by atoms with Crippen molar-refractivity contribution in [3.8, 4) is 0 Å². The smallest absolute Gasteiger partial charge is 0.323 e. The summed E-state index contributed by atoms with van der Waals surface area (Å²) in [5, 5.41) is 3.17. The van der Waals surface area contributed by atoms with Crippen molar-refractivity contribution >= 4 is 5.97 Å². The maximum atomic E-state index is 11.8. The Morgan fingerprint density at radius 1 is 1.19 bits per heavy atom. The highest BCUT2D eigenvalue weighted by Crippen LogP contribution is 2.23. The lowest BCUT2D eigenvalue weighted by Crippen LogP contribution is -2.37. The number of hydrogen-bond donors (Lipinski definition) is 1. The zero-order chi connectivity index (χ0) is 11.4. The van der Waals surface area contributed by atoms with Gasteiger partial charge in [0.25, 0.3) is 0 Å². The van der Waals surface area contributed by atoms with Crippen LogP contribution in [0.5, 0.6) is 0 Å². The molecule has 2 rings (SSSR count). The third-order valence-corrected chi connectivity index (χ3v) is 3.54. The summed E-state index contributed by atoms with van der Waals surface area (Å²) in [7, 11) is 1.73. The van der Waals surface area contributed by atoms with Crippen LogP contribution < -0.4 is 5.32 Å². The molecular weight excluding hydrogens is 206 g/mol. The molecule has 0 bridgehead atoms. The minimum atomic E-state index is -0.0701. The van der Waals surface area contributed by atoms with E-state index in [9.17, 15) is 4.79 Å². The molecule has 0 aromatic carbocycles. The first-order valence-corrected chi connectivity index (χ1v) is 6.26. The minimum Gasteiger partial charge on any atom is -0.461 e. The quantitative estimate of drug-likeness (QED) is 0.737. The van der Waals surface area contributed by atoms with Gasteiger partial charge in [0.05, 0.1) is 6.10 Å². The molecule has 1 aliphatic heterocycles. The van der Waals surface area contributed by atoms with E-state index in [0.29, 0.717) is 0 Å². The molecule has 0 amide bonds. The average molecular weight is 227 g/mol. The Balaban J connectivity index is 1.77. The molecule has 4 heteroatoms. The van der Waals surface area contributed by atoms with E-state index in [1.807, 2.05) is 0 Å². The van der Waals surface area contributed by atoms with Gasteiger partial charge in [-0.2, -0.15) is 0 Å². The number of rotatable bonds is 3. The van der Waals surface area contributed by atoms with Crippen molar-refractivity contribution in [1.82, 2.24) is 5.32 Å². The van der Waals surface area contributed by atoms with Crippen LogP contribution in [-0.2, 0) is 14.3 Å². The van der Waals surface area contributed by atoms with Crippen LogP contribution in [0.15, 0.2) is 0 Å². The second-order valence-electron chi connectivity index (χ2n) is 4.73. The third kappa shape index (κ3) is 2.95. The Hall–Kier alpha value is -0.610. The molecule has 92 valence electrons. The van der Waals surface area contributed by atoms with Gasteiger partial charge in [-0.15, -0.1) is 0 Å². The summed E-state index contributed by atoms with van der Waals surface area (Å²) in [6.45, 7) is 0.936. The second-order valence-corrected chi connectivity index (χ2v) is 4.73. The molecule has 0 aromatic rings. The number of nitrogens with one attached hydrogen (secondary N) is 1. The number of esters is 1. The Morgan fingerprint density at radius 3 is 2.69 bits per heavy atom. The Labute approximate surface area is 96.7 Å². The van der Waals surface area contributed by atoms with Gasteiger partial charge in [-0.05, 0) is 38.6 Å². The van der Waals surface area contributed by atoms with Gasteiger partial charge in [0.2, 0.25) is 0 Å². The fourth-order valence-corrected chi connectivity index (χ4v) is 2.56. The number of carbonyl (C=O) groups excluding carboxylic acids is 1. The third-order valence-electron chi connectivity index (χ3n) is 3.54. The number of carbonyl (C=O) groups is 1. The monoisotopic (exact) mass is 227 g/mol. The zero-order valence-corrected chi connectivity index (χ0v) is 9.91. The fraction of sp³-hybridized carbons (Fsp3) is 0.917. The number of ether oxygens (including phenoxy) is 2. The van der Waals surface area contributed by atoms with Gasteiger partial charge in [0, 0.05) is 13.5 Å². The molecule has 16 heavy (non-hydrogen) atoms. The van der Waals surface area contributed by atoms with Gasteiger partial charge in [-0.3, -0.25) is 4.79 Å². The van der Waals surface area contributed by atoms with E-state index in [2.05, 4.69) is 5.32 Å². The fourth-order valence-electron chi connectivity index (χ4n) is 2.56. The van der Waals surface area contributed by atoms with E-state index in [1.54, 1.807) is 7.11 Å². The molecule has 4 nitrogen and oxygen atoms in total. The molecule has 1 N–H and O–H groups in total. The van der Waals surface area contributed by atoms with Crippen LogP contribution in [-0.4, -0.2) is 37.9 Å². The van der Waals surface area contributed by atoms with Crippen LogP contribution in [0.4, 0.5) is 0 Å². The number of hydrogen-bond acceptors (Lipinski definition) is 4. The normalized spacial score (nSPS) is 34.9. The highest BCUT2D eigenvalue weighted by molar-refractivity contribution is 5.76. The van der Waals surface area contributed by atoms with Crippen molar-refractivity contribution in [3.63, 3.8) is 0 Å². The van der Waals surface area contributed by atoms with Crippen molar-refractivity contribution in [3.05, 3.63) is 0 Å². The lowest BCUT2D eigenvalue weighted by atomic mass is 9.95. The van der Waals surface area contributed by atoms with Gasteiger partial charge in [0.1, 0.15) is 12.1 Å². The standard InChI is InChI=1S/C12H21NO3/c1-15-9-4-2-5-10(8-9)16-12(14)11-6-3-7-13-11/h9-11,13H,2-8H2,1H3/t9?,10?,11-/m0/s1. The van der Waals surface area contributed by atoms with Crippen molar-refractivity contribution in [2.24, 2.45) is 0 Å². The summed E-state index contributed by atoms with van der Waals surface area (Å²) in [6.07, 6.45) is 6.34. The van der Waals surface area contributed by atoms with Crippen LogP contribution in [0.3, 0.4) is 0 Å². The van der Waals surface area contributed by atoms with E-state index in [1.165, 1.54) is 0 Å². The summed E-state index contributed by atoms with van der Waals surface area (Å²) in [6, 6.07) is -0.0667. The van der Waals surface area contributed by atoms with Crippen molar-refractivity contribution < 1.29 is 14.3 Å². The molecule has 0 radical (unpaired) electrons. The second kappa shape index (κ2) is 5.64. The molecule has 2 aliphatic rings. The maximum absolute atomic E-state index is 11.8. The molecular formula is C12H21NO3. The molecule has 0 spiro atoms. The van der Waals surface area contributed by atoms with Crippen LogP contribution in [0, 0.1) is 0 Å². The SMILES string of the molecule is COC1CCCC(OC(=O)[C@@H]2CCCN2)C1. The molecule has 1 saturated carbocycles. The predicted octanol–water partition coefficient (Wildman–Crippen LogP) is 1.24. The first kappa shape index (κ1) is 11.9. The summed E-state index contributed by atoms with van der Waals surface area (Å²) >= 11 is 0. The Bertz CT molecular complexity index is 238. The highest BCUT2D eigenvalue weighted by Gasteiger charge is 2.29. The number of methoxy groups -OCH3 is 1. The van der Waals surface area contributed by atoms with E-state index in [4.69, 9.17) is 9.47 Å². The molecule has 1 saturated heterocycles. The molecule has 3 atom stereocenters. The molecule has 2 unspecified atom stereocenters. The lowest BCUT2D eigenvalue weighted by molar-refractivity contribution is -0.154. The van der Waals surface area contributed by atoms with E-state index in [0.717, 1.165) is 45.1 Å². The van der Waals surface area contributed by atoms with Crippen LogP contribution in [0.25, 0.3) is 0 Å². The van der Waals surface area contributed by atoms with E-state index < -0.39 is 0 Å². The Kier molecular flexibility index (Phi) is 4.18. The maximum Gasteiger partial charge on any atom is 0.323 e. The minimum absolute atomic E-state index is 0.0635. The Morgan fingerprint density at radius 2 is 2.00 bits per heavy atom. The lowest BCUT2D eigenvalue weighted by Gasteiger charge is -2.28. The predicted molar refractivity (Wildman–Crippen MR) is 60.2 cm³/mol. The van der Waals surface area contributed by atoms with Crippen LogP contribution >= 0.6 is 0 Å². The van der Waals surface area contributed by atoms with Gasteiger partial charge in [-0.25, -0.2) is 0 Å². The van der Waals surface area contributed by atoms with Crippen molar-refractivity contribution in [2.75, 3.05) is 13.7 Å². The van der Waals surface area contributed by atoms with Crippen LogP contribution in [0.2, 0.25) is 0 Å². The van der Waals surface area contributed by atoms with Gasteiger partial charge in [-0.1, -0.05) is 0 Å². The summed E-state index contributed by atoms with van der Waals surface area (Å²) in [5.74, 6) is -0.0701. The first-order chi connectivity index (χ1) is 7.79. The van der Waals surface area contributed by atoms with Crippen molar-refractivity contribution in [1.29, 1.82) is 0 Å². The molecule has 0 aromatic heterocycles. The summed E-state index contributed by atoms with van der Waals surface area (Å²) < 4.78 is 10.8. The van der Waals surface area contributed by atoms with Gasteiger partial charge < -0.3 is 14.8 Å². The van der Waals surface area contributed by atoms with E-state index in [-0.39, 0.29) is 24.2 Å². The molecule has 1 heterocycles. The summed E-state index contributed by atoms with van der Waals surface area (Å²) in [5.41, 5.74) is 0. The van der Waals surface area contributed by atoms with E-state index >= 15 is 0 Å². The zero-order valence-electron chi connectivity index (χ0n) is 9.91. The molecule has 1 aliphatic carbocycles. The average Bonchev–Trinajstić information content (AvgIpc) is 2.83. The topological polar surface area (TPSA) is 47.6 Å². The van der Waals surface area contributed by atoms with Crippen LogP contribution in [0.1, 0.15) is 38.5 Å². The van der Waals surface area contributed by atoms with Crippen molar-refractivity contribution in [2.45, 2.75) is 56.8 Å². The largest absolute Gasteiger partial charge is 0.461 e. The summed E-state index contributed by atoms with van der Waals surface area (Å²) in [4.78, 5) is 11.8. The first-order valence-electron chi connectivity index (χ1n) is 6.26. The highest BCUT2D eigenvalue weighted by atomic mass is 16.5. The molecule has 2 fully saturated rings. The van der Waals surface area contributed by atoms with Gasteiger partial charge >= 0.3 is 5.97 Å².